The van der Waals surface area contributed by atoms with E-state index in [1.165, 1.54) is 141 Å². The fraction of sp³-hybridized carbons (Fsp3) is 0.889. The molecule has 1 saturated heterocycles. The van der Waals surface area contributed by atoms with Crippen LogP contribution in [0.25, 0.3) is 0 Å². The molecule has 1 heterocycles. The Balaban J connectivity index is 2.39. The fourth-order valence-electron chi connectivity index (χ4n) is 7.11. The van der Waals surface area contributed by atoms with Crippen molar-refractivity contribution >= 4 is 5.91 Å². The lowest BCUT2D eigenvalue weighted by Crippen LogP contribution is -2.60. The number of allylic oxidation sites excluding steroid dienone is 3. The topological polar surface area (TPSA) is 149 Å². The van der Waals surface area contributed by atoms with Crippen LogP contribution in [0.15, 0.2) is 24.3 Å². The summed E-state index contributed by atoms with van der Waals surface area (Å²) in [6.07, 6.45) is 35.0. The van der Waals surface area contributed by atoms with Crippen LogP contribution in [-0.2, 0) is 14.3 Å². The second kappa shape index (κ2) is 36.0. The lowest BCUT2D eigenvalue weighted by atomic mass is 9.99. The average molecular weight is 768 g/mol. The van der Waals surface area contributed by atoms with Crippen molar-refractivity contribution < 1.29 is 39.8 Å². The van der Waals surface area contributed by atoms with Crippen LogP contribution in [0.2, 0.25) is 0 Å². The first-order valence-corrected chi connectivity index (χ1v) is 22.6. The van der Waals surface area contributed by atoms with E-state index in [4.69, 9.17) is 9.47 Å². The van der Waals surface area contributed by atoms with E-state index in [1.54, 1.807) is 6.08 Å². The number of hydrogen-bond donors (Lipinski definition) is 6. The van der Waals surface area contributed by atoms with Gasteiger partial charge in [0, 0.05) is 6.42 Å². The third-order valence-corrected chi connectivity index (χ3v) is 10.8. The minimum absolute atomic E-state index is 0.186. The molecule has 1 fully saturated rings. The summed E-state index contributed by atoms with van der Waals surface area (Å²) in [6, 6.07) is -0.815. The maximum Gasteiger partial charge on any atom is 0.220 e. The third-order valence-electron chi connectivity index (χ3n) is 10.8. The van der Waals surface area contributed by atoms with Gasteiger partial charge in [-0.05, 0) is 32.1 Å². The number of aliphatic hydroxyl groups is 5. The maximum atomic E-state index is 12.9. The second-order valence-electron chi connectivity index (χ2n) is 15.8. The number of carbonyl (C=O) groups excluding carboxylic acids is 1. The Morgan fingerprint density at radius 2 is 1.06 bits per heavy atom. The van der Waals surface area contributed by atoms with Crippen molar-refractivity contribution in [2.75, 3.05) is 13.2 Å². The molecule has 0 aromatic carbocycles. The van der Waals surface area contributed by atoms with Gasteiger partial charge in [-0.25, -0.2) is 0 Å². The van der Waals surface area contributed by atoms with Crippen molar-refractivity contribution in [1.82, 2.24) is 5.32 Å². The number of aliphatic hydroxyl groups excluding tert-OH is 5. The number of rotatable bonds is 37. The van der Waals surface area contributed by atoms with E-state index in [2.05, 4.69) is 31.3 Å². The van der Waals surface area contributed by atoms with Crippen LogP contribution in [0.3, 0.4) is 0 Å². The largest absolute Gasteiger partial charge is 0.394 e. The highest BCUT2D eigenvalue weighted by Crippen LogP contribution is 2.22. The minimum atomic E-state index is -1.57. The number of nitrogens with one attached hydrogen (secondary N) is 1. The zero-order valence-electron chi connectivity index (χ0n) is 34.7. The molecule has 1 rings (SSSR count). The van der Waals surface area contributed by atoms with E-state index in [0.29, 0.717) is 6.42 Å². The predicted octanol–water partition coefficient (Wildman–Crippen LogP) is 9.11. The van der Waals surface area contributed by atoms with Crippen molar-refractivity contribution in [2.45, 2.75) is 243 Å². The molecule has 0 aromatic heterocycles. The van der Waals surface area contributed by atoms with E-state index in [1.807, 2.05) is 6.08 Å². The third kappa shape index (κ3) is 26.5. The van der Waals surface area contributed by atoms with Gasteiger partial charge < -0.3 is 40.3 Å². The Bertz CT molecular complexity index is 899. The van der Waals surface area contributed by atoms with Crippen molar-refractivity contribution in [1.29, 1.82) is 0 Å². The van der Waals surface area contributed by atoms with Crippen LogP contribution in [0.5, 0.6) is 0 Å². The molecule has 1 aliphatic heterocycles. The molecule has 1 amide bonds. The molecule has 54 heavy (non-hydrogen) atoms. The molecule has 0 radical (unpaired) electrons. The Kier molecular flexibility index (Phi) is 33.8. The monoisotopic (exact) mass is 768 g/mol. The molecule has 0 spiro atoms. The summed E-state index contributed by atoms with van der Waals surface area (Å²) in [6.45, 7) is 3.75. The Morgan fingerprint density at radius 1 is 0.611 bits per heavy atom. The lowest BCUT2D eigenvalue weighted by Gasteiger charge is -2.40. The number of ether oxygens (including phenoxy) is 2. The van der Waals surface area contributed by atoms with Crippen LogP contribution in [0.1, 0.15) is 200 Å². The van der Waals surface area contributed by atoms with Gasteiger partial charge in [0.2, 0.25) is 5.91 Å². The van der Waals surface area contributed by atoms with Gasteiger partial charge in [-0.2, -0.15) is 0 Å². The Hall–Kier alpha value is -1.33. The molecule has 1 aliphatic rings. The van der Waals surface area contributed by atoms with Gasteiger partial charge in [0.1, 0.15) is 24.4 Å². The summed E-state index contributed by atoms with van der Waals surface area (Å²) in [5.41, 5.74) is 0. The second-order valence-corrected chi connectivity index (χ2v) is 15.8. The van der Waals surface area contributed by atoms with Crippen molar-refractivity contribution in [2.24, 2.45) is 0 Å². The van der Waals surface area contributed by atoms with Crippen molar-refractivity contribution in [3.05, 3.63) is 24.3 Å². The Labute approximate surface area is 330 Å². The summed E-state index contributed by atoms with van der Waals surface area (Å²) in [5.74, 6) is -0.186. The van der Waals surface area contributed by atoms with E-state index in [9.17, 15) is 30.3 Å². The van der Waals surface area contributed by atoms with E-state index < -0.39 is 49.5 Å². The highest BCUT2D eigenvalue weighted by Gasteiger charge is 2.44. The quantitative estimate of drug-likeness (QED) is 0.0271. The van der Waals surface area contributed by atoms with Gasteiger partial charge in [0.05, 0.1) is 25.4 Å². The normalized spacial score (nSPS) is 21.6. The molecule has 6 N–H and O–H groups in total. The summed E-state index contributed by atoms with van der Waals surface area (Å²) in [5, 5.41) is 54.1. The molecule has 9 heteroatoms. The minimum Gasteiger partial charge on any atom is -0.394 e. The van der Waals surface area contributed by atoms with Crippen molar-refractivity contribution in [3.8, 4) is 0 Å². The number of unbranched alkanes of at least 4 members (excludes halogenated alkanes) is 25. The van der Waals surface area contributed by atoms with Gasteiger partial charge in [0.25, 0.3) is 0 Å². The first kappa shape index (κ1) is 50.7. The van der Waals surface area contributed by atoms with Crippen LogP contribution in [-0.4, -0.2) is 87.5 Å². The summed E-state index contributed by atoms with van der Waals surface area (Å²) >= 11 is 0. The van der Waals surface area contributed by atoms with E-state index >= 15 is 0 Å². The molecule has 0 bridgehead atoms. The van der Waals surface area contributed by atoms with Gasteiger partial charge in [-0.3, -0.25) is 4.79 Å². The average Bonchev–Trinajstić information content (AvgIpc) is 3.17. The summed E-state index contributed by atoms with van der Waals surface area (Å²) < 4.78 is 11.2. The SMILES string of the molecule is CCCCCCCCCCC/C=C/CC/C=C/C(O)C(COC1OC(CO)C(O)C(O)C1O)NC(=O)CCCCCCCCCCCCCCCCCC. The maximum absolute atomic E-state index is 12.9. The van der Waals surface area contributed by atoms with E-state index in [0.717, 1.165) is 38.5 Å². The zero-order chi connectivity index (χ0) is 39.5. The van der Waals surface area contributed by atoms with Gasteiger partial charge in [-0.1, -0.05) is 186 Å². The van der Waals surface area contributed by atoms with E-state index in [-0.39, 0.29) is 12.5 Å². The molecular weight excluding hydrogens is 682 g/mol. The fourth-order valence-corrected chi connectivity index (χ4v) is 7.11. The Morgan fingerprint density at radius 3 is 1.56 bits per heavy atom. The molecular formula is C45H85NO8. The predicted molar refractivity (Wildman–Crippen MR) is 221 cm³/mol. The molecule has 0 saturated carbocycles. The highest BCUT2D eigenvalue weighted by molar-refractivity contribution is 5.76. The standard InChI is InChI=1S/C45H85NO8/c1-3-5-7-9-11-13-15-17-19-21-23-25-27-29-31-33-35-41(49)46-38(37-53-45-44(52)43(51)42(50)40(36-47)54-45)39(48)34-32-30-28-26-24-22-20-18-16-14-12-10-8-6-4-2/h24,26,32,34,38-40,42-45,47-48,50-52H,3-23,25,27-31,33,35-37H2,1-2H3,(H,46,49)/b26-24+,34-32+. The van der Waals surface area contributed by atoms with Crippen LogP contribution >= 0.6 is 0 Å². The smallest absolute Gasteiger partial charge is 0.220 e. The van der Waals surface area contributed by atoms with Crippen LogP contribution < -0.4 is 5.32 Å². The number of amides is 1. The highest BCUT2D eigenvalue weighted by atomic mass is 16.7. The van der Waals surface area contributed by atoms with Gasteiger partial charge >= 0.3 is 0 Å². The zero-order valence-corrected chi connectivity index (χ0v) is 34.7. The first-order chi connectivity index (χ1) is 26.3. The van der Waals surface area contributed by atoms with Crippen LogP contribution in [0.4, 0.5) is 0 Å². The summed E-state index contributed by atoms with van der Waals surface area (Å²) in [7, 11) is 0. The lowest BCUT2D eigenvalue weighted by molar-refractivity contribution is -0.302. The number of hydrogen-bond acceptors (Lipinski definition) is 8. The van der Waals surface area contributed by atoms with Crippen LogP contribution in [0, 0.1) is 0 Å². The van der Waals surface area contributed by atoms with Gasteiger partial charge in [-0.15, -0.1) is 0 Å². The van der Waals surface area contributed by atoms with Crippen molar-refractivity contribution in [3.63, 3.8) is 0 Å². The molecule has 7 unspecified atom stereocenters. The first-order valence-electron chi connectivity index (χ1n) is 22.6. The molecule has 9 nitrogen and oxygen atoms in total. The molecule has 0 aliphatic carbocycles. The van der Waals surface area contributed by atoms with Gasteiger partial charge in [0.15, 0.2) is 6.29 Å². The molecule has 318 valence electrons. The summed E-state index contributed by atoms with van der Waals surface area (Å²) in [4.78, 5) is 12.9. The number of carbonyl (C=O) groups is 1. The molecule has 0 aromatic rings. The molecule has 7 atom stereocenters.